The van der Waals surface area contributed by atoms with Crippen LogP contribution in [0.25, 0.3) is 0 Å². The zero-order valence-electron chi connectivity index (χ0n) is 11.9. The summed E-state index contributed by atoms with van der Waals surface area (Å²) in [5.74, 6) is 0.665. The van der Waals surface area contributed by atoms with Crippen LogP contribution < -0.4 is 10.2 Å². The first kappa shape index (κ1) is 13.6. The van der Waals surface area contributed by atoms with Crippen LogP contribution >= 0.6 is 11.3 Å². The number of nitrogens with one attached hydrogen (secondary N) is 1. The van der Waals surface area contributed by atoms with Gasteiger partial charge in [0.15, 0.2) is 0 Å². The molecular weight excluding hydrogens is 272 g/mol. The molecule has 0 amide bonds. The molecule has 2 aromatic rings. The van der Waals surface area contributed by atoms with E-state index in [0.717, 1.165) is 13.1 Å². The van der Waals surface area contributed by atoms with Crippen molar-refractivity contribution in [1.82, 2.24) is 15.5 Å². The maximum Gasteiger partial charge on any atom is 0.318 e. The highest BCUT2D eigenvalue weighted by Crippen LogP contribution is 2.33. The van der Waals surface area contributed by atoms with Gasteiger partial charge in [-0.05, 0) is 48.7 Å². The third-order valence-electron chi connectivity index (χ3n) is 3.48. The van der Waals surface area contributed by atoms with Gasteiger partial charge in [0, 0.05) is 12.6 Å². The molecule has 6 heteroatoms. The number of rotatable bonds is 7. The average Bonchev–Trinajstić information content (AvgIpc) is 2.95. The molecule has 2 heterocycles. The molecule has 0 saturated heterocycles. The van der Waals surface area contributed by atoms with E-state index in [1.54, 1.807) is 11.3 Å². The van der Waals surface area contributed by atoms with Crippen LogP contribution in [0.4, 0.5) is 6.01 Å². The normalized spacial score (nSPS) is 16.3. The first-order valence-corrected chi connectivity index (χ1v) is 8.06. The van der Waals surface area contributed by atoms with E-state index in [9.17, 15) is 0 Å². The summed E-state index contributed by atoms with van der Waals surface area (Å²) >= 11 is 1.72. The summed E-state index contributed by atoms with van der Waals surface area (Å²) in [6.45, 7) is 5.85. The van der Waals surface area contributed by atoms with E-state index < -0.39 is 0 Å². The van der Waals surface area contributed by atoms with Gasteiger partial charge in [0.25, 0.3) is 0 Å². The number of thiophene rings is 1. The van der Waals surface area contributed by atoms with Crippen molar-refractivity contribution in [3.8, 4) is 0 Å². The molecule has 2 aromatic heterocycles. The fraction of sp³-hybridized carbons (Fsp3) is 0.571. The van der Waals surface area contributed by atoms with Gasteiger partial charge in [-0.15, -0.1) is 5.10 Å². The smallest absolute Gasteiger partial charge is 0.318 e. The molecular formula is C14H20N4OS. The maximum absolute atomic E-state index is 5.85. The Morgan fingerprint density at radius 3 is 3.00 bits per heavy atom. The predicted molar refractivity (Wildman–Crippen MR) is 79.9 cm³/mol. The molecule has 3 rings (SSSR count). The Hall–Kier alpha value is -1.40. The average molecular weight is 292 g/mol. The molecule has 0 aromatic carbocycles. The van der Waals surface area contributed by atoms with Gasteiger partial charge in [-0.1, -0.05) is 12.0 Å². The van der Waals surface area contributed by atoms with Gasteiger partial charge in [-0.2, -0.15) is 11.3 Å². The molecule has 0 aliphatic heterocycles. The summed E-state index contributed by atoms with van der Waals surface area (Å²) in [4.78, 5) is 2.23. The summed E-state index contributed by atoms with van der Waals surface area (Å²) < 4.78 is 5.85. The summed E-state index contributed by atoms with van der Waals surface area (Å²) in [5, 5.41) is 16.0. The van der Waals surface area contributed by atoms with Gasteiger partial charge in [0.1, 0.15) is 0 Å². The molecule has 0 spiro atoms. The standard InChI is InChI=1S/C14H20N4OS/c1-3-15-10(2)13-16-17-14(19-13)18(12-4-5-12)8-11-6-7-20-9-11/h6-7,9-10,12,15H,3-5,8H2,1-2H3. The Kier molecular flexibility index (Phi) is 4.03. The number of hydrogen-bond acceptors (Lipinski definition) is 6. The molecule has 1 saturated carbocycles. The maximum atomic E-state index is 5.85. The Morgan fingerprint density at radius 2 is 2.35 bits per heavy atom. The van der Waals surface area contributed by atoms with Gasteiger partial charge in [-0.3, -0.25) is 0 Å². The van der Waals surface area contributed by atoms with Gasteiger partial charge < -0.3 is 14.6 Å². The molecule has 0 radical (unpaired) electrons. The van der Waals surface area contributed by atoms with Crippen molar-refractivity contribution in [2.24, 2.45) is 0 Å². The quantitative estimate of drug-likeness (QED) is 0.850. The second-order valence-electron chi connectivity index (χ2n) is 5.19. The molecule has 1 unspecified atom stereocenters. The topological polar surface area (TPSA) is 54.2 Å². The SMILES string of the molecule is CCNC(C)c1nnc(N(Cc2ccsc2)C2CC2)o1. The van der Waals surface area contributed by atoms with Crippen LogP contribution in [0, 0.1) is 0 Å². The minimum Gasteiger partial charge on any atom is -0.406 e. The summed E-state index contributed by atoms with van der Waals surface area (Å²) in [7, 11) is 0. The zero-order valence-corrected chi connectivity index (χ0v) is 12.7. The molecule has 5 nitrogen and oxygen atoms in total. The Bertz CT molecular complexity index is 535. The van der Waals surface area contributed by atoms with Crippen LogP contribution in [0.2, 0.25) is 0 Å². The van der Waals surface area contributed by atoms with Crippen LogP contribution in [-0.4, -0.2) is 22.8 Å². The van der Waals surface area contributed by atoms with E-state index in [1.807, 2.05) is 6.92 Å². The fourth-order valence-electron chi connectivity index (χ4n) is 2.23. The second kappa shape index (κ2) is 5.93. The van der Waals surface area contributed by atoms with Gasteiger partial charge in [0.05, 0.1) is 6.04 Å². The highest BCUT2D eigenvalue weighted by Gasteiger charge is 2.32. The summed E-state index contributed by atoms with van der Waals surface area (Å²) in [6.07, 6.45) is 2.43. The van der Waals surface area contributed by atoms with Crippen LogP contribution in [0.1, 0.15) is 44.2 Å². The lowest BCUT2D eigenvalue weighted by atomic mass is 10.3. The van der Waals surface area contributed by atoms with E-state index in [4.69, 9.17) is 4.42 Å². The van der Waals surface area contributed by atoms with Crippen molar-refractivity contribution in [1.29, 1.82) is 0 Å². The van der Waals surface area contributed by atoms with Gasteiger partial charge in [0.2, 0.25) is 5.89 Å². The van der Waals surface area contributed by atoms with Crippen molar-refractivity contribution in [3.05, 3.63) is 28.3 Å². The van der Waals surface area contributed by atoms with Crippen molar-refractivity contribution in [3.63, 3.8) is 0 Å². The number of anilines is 1. The van der Waals surface area contributed by atoms with Crippen molar-refractivity contribution in [2.75, 3.05) is 11.4 Å². The summed E-state index contributed by atoms with van der Waals surface area (Å²) in [6, 6.07) is 3.46. The Labute approximate surface area is 123 Å². The first-order chi connectivity index (χ1) is 9.78. The van der Waals surface area contributed by atoms with Crippen molar-refractivity contribution < 1.29 is 4.42 Å². The lowest BCUT2D eigenvalue weighted by Gasteiger charge is -2.18. The van der Waals surface area contributed by atoms with Crippen LogP contribution in [-0.2, 0) is 6.54 Å². The number of aromatic nitrogens is 2. The third-order valence-corrected chi connectivity index (χ3v) is 4.21. The Morgan fingerprint density at radius 1 is 1.50 bits per heavy atom. The molecule has 1 N–H and O–H groups in total. The van der Waals surface area contributed by atoms with E-state index in [-0.39, 0.29) is 6.04 Å². The molecule has 0 bridgehead atoms. The van der Waals surface area contributed by atoms with Gasteiger partial charge >= 0.3 is 6.01 Å². The molecule has 1 aliphatic rings. The molecule has 1 aliphatic carbocycles. The predicted octanol–water partition coefficient (Wildman–Crippen LogP) is 2.97. The minimum absolute atomic E-state index is 0.100. The zero-order chi connectivity index (χ0) is 13.9. The molecule has 108 valence electrons. The third kappa shape index (κ3) is 3.02. The van der Waals surface area contributed by atoms with Gasteiger partial charge in [-0.25, -0.2) is 0 Å². The highest BCUT2D eigenvalue weighted by atomic mass is 32.1. The lowest BCUT2D eigenvalue weighted by Crippen LogP contribution is -2.25. The second-order valence-corrected chi connectivity index (χ2v) is 5.97. The molecule has 1 atom stereocenters. The summed E-state index contributed by atoms with van der Waals surface area (Å²) in [5.41, 5.74) is 1.31. The van der Waals surface area contributed by atoms with Crippen LogP contribution in [0.5, 0.6) is 0 Å². The van der Waals surface area contributed by atoms with Crippen LogP contribution in [0.15, 0.2) is 21.2 Å². The highest BCUT2D eigenvalue weighted by molar-refractivity contribution is 7.07. The molecule has 20 heavy (non-hydrogen) atoms. The first-order valence-electron chi connectivity index (χ1n) is 7.12. The van der Waals surface area contributed by atoms with E-state index in [2.05, 4.69) is 44.2 Å². The number of hydrogen-bond donors (Lipinski definition) is 1. The van der Waals surface area contributed by atoms with Crippen LogP contribution in [0.3, 0.4) is 0 Å². The van der Waals surface area contributed by atoms with E-state index >= 15 is 0 Å². The fourth-order valence-corrected chi connectivity index (χ4v) is 2.89. The molecule has 1 fully saturated rings. The monoisotopic (exact) mass is 292 g/mol. The van der Waals surface area contributed by atoms with E-state index in [0.29, 0.717) is 17.9 Å². The van der Waals surface area contributed by atoms with Crippen molar-refractivity contribution in [2.45, 2.75) is 45.3 Å². The minimum atomic E-state index is 0.100. The number of nitrogens with zero attached hydrogens (tertiary/aromatic N) is 3. The van der Waals surface area contributed by atoms with E-state index in [1.165, 1.54) is 18.4 Å². The largest absolute Gasteiger partial charge is 0.406 e. The Balaban J connectivity index is 1.74. The van der Waals surface area contributed by atoms with Crippen molar-refractivity contribution >= 4 is 17.4 Å². The lowest BCUT2D eigenvalue weighted by molar-refractivity contribution is 0.417.